The summed E-state index contributed by atoms with van der Waals surface area (Å²) in [6, 6.07) is 3.89. The SMILES string of the molecule is O=C(O)c1nn(-c2cc(F)ccc2Cl)c2c1COCC2. The number of carboxylic acids is 1. The first-order valence-electron chi connectivity index (χ1n) is 5.95. The van der Waals surface area contributed by atoms with Gasteiger partial charge in [-0.15, -0.1) is 0 Å². The van der Waals surface area contributed by atoms with Crippen molar-refractivity contribution in [3.63, 3.8) is 0 Å². The van der Waals surface area contributed by atoms with Crippen LogP contribution in [0.2, 0.25) is 5.02 Å². The van der Waals surface area contributed by atoms with Crippen molar-refractivity contribution in [3.05, 3.63) is 46.0 Å². The van der Waals surface area contributed by atoms with Crippen molar-refractivity contribution in [3.8, 4) is 5.69 Å². The predicted molar refractivity (Wildman–Crippen MR) is 68.9 cm³/mol. The number of aromatic nitrogens is 2. The van der Waals surface area contributed by atoms with Crippen LogP contribution >= 0.6 is 11.6 Å². The van der Waals surface area contributed by atoms with E-state index in [9.17, 15) is 14.3 Å². The first-order chi connectivity index (χ1) is 9.58. The molecule has 0 amide bonds. The molecule has 0 bridgehead atoms. The summed E-state index contributed by atoms with van der Waals surface area (Å²) in [4.78, 5) is 11.2. The molecule has 1 aromatic carbocycles. The number of benzene rings is 1. The van der Waals surface area contributed by atoms with Gasteiger partial charge in [0.05, 0.1) is 29.6 Å². The van der Waals surface area contributed by atoms with Gasteiger partial charge in [0.25, 0.3) is 0 Å². The van der Waals surface area contributed by atoms with E-state index in [4.69, 9.17) is 16.3 Å². The van der Waals surface area contributed by atoms with E-state index in [1.165, 1.54) is 22.9 Å². The second kappa shape index (κ2) is 4.88. The van der Waals surface area contributed by atoms with E-state index in [0.29, 0.717) is 35.0 Å². The minimum Gasteiger partial charge on any atom is -0.476 e. The molecule has 2 aromatic rings. The Labute approximate surface area is 118 Å². The van der Waals surface area contributed by atoms with E-state index in [-0.39, 0.29) is 12.3 Å². The van der Waals surface area contributed by atoms with Crippen LogP contribution in [0.3, 0.4) is 0 Å². The van der Waals surface area contributed by atoms with Gasteiger partial charge in [0, 0.05) is 18.1 Å². The molecule has 5 nitrogen and oxygen atoms in total. The monoisotopic (exact) mass is 296 g/mol. The number of fused-ring (bicyclic) bond motifs is 1. The second-order valence-corrected chi connectivity index (χ2v) is 4.80. The summed E-state index contributed by atoms with van der Waals surface area (Å²) in [5, 5.41) is 13.5. The van der Waals surface area contributed by atoms with Crippen molar-refractivity contribution in [1.29, 1.82) is 0 Å². The lowest BCUT2D eigenvalue weighted by atomic mass is 10.1. The average Bonchev–Trinajstić information content (AvgIpc) is 2.81. The van der Waals surface area contributed by atoms with Crippen LogP contribution in [0.5, 0.6) is 0 Å². The van der Waals surface area contributed by atoms with Gasteiger partial charge in [0.1, 0.15) is 5.82 Å². The topological polar surface area (TPSA) is 64.3 Å². The summed E-state index contributed by atoms with van der Waals surface area (Å²) in [6.07, 6.45) is 0.502. The molecule has 0 radical (unpaired) electrons. The standard InChI is InChI=1S/C13H10ClFN2O3/c14-9-2-1-7(15)5-11(9)17-10-3-4-20-6-8(10)12(16-17)13(18)19/h1-2,5H,3-4,6H2,(H,18,19). The quantitative estimate of drug-likeness (QED) is 0.924. The fourth-order valence-corrected chi connectivity index (χ4v) is 2.45. The molecule has 0 saturated heterocycles. The molecule has 0 unspecified atom stereocenters. The molecule has 0 aliphatic carbocycles. The van der Waals surface area contributed by atoms with E-state index in [1.807, 2.05) is 0 Å². The van der Waals surface area contributed by atoms with E-state index >= 15 is 0 Å². The average molecular weight is 297 g/mol. The third kappa shape index (κ3) is 2.07. The molecule has 1 aliphatic rings. The van der Waals surface area contributed by atoms with Crippen LogP contribution in [0.1, 0.15) is 21.7 Å². The molecule has 3 rings (SSSR count). The molecule has 2 heterocycles. The zero-order valence-electron chi connectivity index (χ0n) is 10.3. The molecular formula is C13H10ClFN2O3. The van der Waals surface area contributed by atoms with Gasteiger partial charge >= 0.3 is 5.97 Å². The normalized spacial score (nSPS) is 14.1. The maximum absolute atomic E-state index is 13.4. The number of aromatic carboxylic acids is 1. The molecule has 0 fully saturated rings. The molecule has 0 saturated carbocycles. The lowest BCUT2D eigenvalue weighted by Crippen LogP contribution is -2.14. The Morgan fingerprint density at radius 3 is 3.05 bits per heavy atom. The van der Waals surface area contributed by atoms with Crippen molar-refractivity contribution in [1.82, 2.24) is 9.78 Å². The molecular weight excluding hydrogens is 287 g/mol. The largest absolute Gasteiger partial charge is 0.476 e. The summed E-state index contributed by atoms with van der Waals surface area (Å²) in [5.74, 6) is -1.60. The summed E-state index contributed by atoms with van der Waals surface area (Å²) in [5.41, 5.74) is 1.46. The van der Waals surface area contributed by atoms with Crippen LogP contribution in [0.25, 0.3) is 5.69 Å². The molecule has 1 N–H and O–H groups in total. The Morgan fingerprint density at radius 1 is 1.50 bits per heavy atom. The number of nitrogens with zero attached hydrogens (tertiary/aromatic N) is 2. The van der Waals surface area contributed by atoms with Gasteiger partial charge in [-0.05, 0) is 12.1 Å². The third-order valence-electron chi connectivity index (χ3n) is 3.16. The van der Waals surface area contributed by atoms with Crippen molar-refractivity contribution in [2.75, 3.05) is 6.61 Å². The second-order valence-electron chi connectivity index (χ2n) is 4.39. The van der Waals surface area contributed by atoms with Gasteiger partial charge in [-0.1, -0.05) is 11.6 Å². The molecule has 7 heteroatoms. The molecule has 20 heavy (non-hydrogen) atoms. The lowest BCUT2D eigenvalue weighted by molar-refractivity contribution is 0.0677. The fraction of sp³-hybridized carbons (Fsp3) is 0.231. The van der Waals surface area contributed by atoms with Gasteiger partial charge in [0.2, 0.25) is 0 Å². The van der Waals surface area contributed by atoms with Gasteiger partial charge in [-0.2, -0.15) is 5.10 Å². The van der Waals surface area contributed by atoms with Gasteiger partial charge < -0.3 is 9.84 Å². The summed E-state index contributed by atoms with van der Waals surface area (Å²) >= 11 is 6.06. The highest BCUT2D eigenvalue weighted by Crippen LogP contribution is 2.28. The highest BCUT2D eigenvalue weighted by atomic mass is 35.5. The van der Waals surface area contributed by atoms with Gasteiger partial charge in [-0.25, -0.2) is 13.9 Å². The Bertz CT molecular complexity index is 699. The zero-order chi connectivity index (χ0) is 14.3. The number of carbonyl (C=O) groups is 1. The number of hydrogen-bond acceptors (Lipinski definition) is 3. The van der Waals surface area contributed by atoms with Crippen molar-refractivity contribution >= 4 is 17.6 Å². The number of halogens is 2. The predicted octanol–water partition coefficient (Wildman–Crippen LogP) is 2.44. The van der Waals surface area contributed by atoms with E-state index < -0.39 is 11.8 Å². The summed E-state index contributed by atoms with van der Waals surface area (Å²) in [7, 11) is 0. The van der Waals surface area contributed by atoms with E-state index in [1.54, 1.807) is 0 Å². The van der Waals surface area contributed by atoms with Crippen LogP contribution < -0.4 is 0 Å². The van der Waals surface area contributed by atoms with Crippen LogP contribution in [-0.4, -0.2) is 27.5 Å². The Kier molecular flexibility index (Phi) is 3.19. The Hall–Kier alpha value is -1.92. The Balaban J connectivity index is 2.23. The number of hydrogen-bond donors (Lipinski definition) is 1. The number of rotatable bonds is 2. The summed E-state index contributed by atoms with van der Waals surface area (Å²) in [6.45, 7) is 0.647. The summed E-state index contributed by atoms with van der Waals surface area (Å²) < 4.78 is 20.1. The molecule has 0 atom stereocenters. The van der Waals surface area contributed by atoms with Crippen LogP contribution in [0.15, 0.2) is 18.2 Å². The zero-order valence-corrected chi connectivity index (χ0v) is 11.0. The van der Waals surface area contributed by atoms with Crippen molar-refractivity contribution in [2.24, 2.45) is 0 Å². The minimum atomic E-state index is -1.14. The lowest BCUT2D eigenvalue weighted by Gasteiger charge is -2.15. The van der Waals surface area contributed by atoms with Crippen LogP contribution in [0, 0.1) is 5.82 Å². The third-order valence-corrected chi connectivity index (χ3v) is 3.48. The number of ether oxygens (including phenoxy) is 1. The first kappa shape index (κ1) is 13.1. The first-order valence-corrected chi connectivity index (χ1v) is 6.33. The number of carboxylic acid groups (broad SMARTS) is 1. The van der Waals surface area contributed by atoms with E-state index in [2.05, 4.69) is 5.10 Å². The van der Waals surface area contributed by atoms with Gasteiger partial charge in [-0.3, -0.25) is 0 Å². The van der Waals surface area contributed by atoms with Crippen molar-refractivity contribution < 1.29 is 19.0 Å². The minimum absolute atomic E-state index is 0.0833. The fourth-order valence-electron chi connectivity index (χ4n) is 2.26. The molecule has 0 spiro atoms. The maximum atomic E-state index is 13.4. The highest BCUT2D eigenvalue weighted by Gasteiger charge is 2.26. The van der Waals surface area contributed by atoms with Gasteiger partial charge in [0.15, 0.2) is 5.69 Å². The smallest absolute Gasteiger partial charge is 0.356 e. The molecule has 1 aliphatic heterocycles. The van der Waals surface area contributed by atoms with Crippen LogP contribution in [-0.2, 0) is 17.8 Å². The van der Waals surface area contributed by atoms with Crippen LogP contribution in [0.4, 0.5) is 4.39 Å². The maximum Gasteiger partial charge on any atom is 0.356 e. The highest BCUT2D eigenvalue weighted by molar-refractivity contribution is 6.32. The molecule has 104 valence electrons. The Morgan fingerprint density at radius 2 is 2.30 bits per heavy atom. The van der Waals surface area contributed by atoms with Crippen molar-refractivity contribution in [2.45, 2.75) is 13.0 Å². The van der Waals surface area contributed by atoms with E-state index in [0.717, 1.165) is 0 Å². The molecule has 1 aromatic heterocycles.